The topological polar surface area (TPSA) is 74.2 Å². The van der Waals surface area contributed by atoms with E-state index in [0.717, 1.165) is 63.4 Å². The van der Waals surface area contributed by atoms with E-state index in [1.165, 1.54) is 29.8 Å². The van der Waals surface area contributed by atoms with Crippen LogP contribution in [0.4, 0.5) is 5.69 Å². The Balaban J connectivity index is 1.27. The molecule has 0 spiro atoms. The molecule has 4 aliphatic heterocycles. The van der Waals surface area contributed by atoms with Crippen molar-refractivity contribution < 1.29 is 14.2 Å². The van der Waals surface area contributed by atoms with Gasteiger partial charge in [-0.15, -0.1) is 0 Å². The number of likely N-dealkylation sites (tertiary alicyclic amines) is 1. The van der Waals surface area contributed by atoms with Crippen LogP contribution in [-0.4, -0.2) is 107 Å². The van der Waals surface area contributed by atoms with Crippen molar-refractivity contribution in [3.8, 4) is 5.75 Å². The van der Waals surface area contributed by atoms with Crippen molar-refractivity contribution in [3.05, 3.63) is 36.4 Å². The Hall–Kier alpha value is -2.88. The molecular formula is C29H40N6O3. The molecule has 0 unspecified atom stereocenters. The zero-order valence-corrected chi connectivity index (χ0v) is 22.6. The van der Waals surface area contributed by atoms with Crippen LogP contribution in [0.1, 0.15) is 19.3 Å². The van der Waals surface area contributed by atoms with Crippen molar-refractivity contribution in [1.29, 1.82) is 0 Å². The van der Waals surface area contributed by atoms with Crippen molar-refractivity contribution in [3.63, 3.8) is 0 Å². The third kappa shape index (κ3) is 5.32. The average molecular weight is 521 g/mol. The number of anilines is 1. The van der Waals surface area contributed by atoms with E-state index < -0.39 is 0 Å². The molecule has 0 bridgehead atoms. The highest BCUT2D eigenvalue weighted by Crippen LogP contribution is 2.36. The van der Waals surface area contributed by atoms with Gasteiger partial charge in [0.1, 0.15) is 18.2 Å². The van der Waals surface area contributed by atoms with Crippen LogP contribution in [0.25, 0.3) is 10.8 Å². The second-order valence-corrected chi connectivity index (χ2v) is 10.8. The van der Waals surface area contributed by atoms with Gasteiger partial charge in [-0.25, -0.2) is 4.99 Å². The summed E-state index contributed by atoms with van der Waals surface area (Å²) < 4.78 is 17.3. The van der Waals surface area contributed by atoms with Crippen LogP contribution >= 0.6 is 0 Å². The fraction of sp³-hybridized carbons (Fsp3) is 0.586. The van der Waals surface area contributed by atoms with E-state index in [2.05, 4.69) is 63.5 Å². The lowest BCUT2D eigenvalue weighted by Crippen LogP contribution is -2.55. The zero-order chi connectivity index (χ0) is 25.9. The number of ether oxygens (including phenoxy) is 3. The predicted molar refractivity (Wildman–Crippen MR) is 151 cm³/mol. The minimum absolute atomic E-state index is 0.102. The number of aliphatic imine (C=N–C) groups is 2. The molecule has 0 amide bonds. The molecule has 4 aliphatic rings. The van der Waals surface area contributed by atoms with Crippen LogP contribution in [0.2, 0.25) is 0 Å². The van der Waals surface area contributed by atoms with E-state index in [4.69, 9.17) is 24.2 Å². The number of nitrogens with one attached hydrogen (secondary N) is 1. The van der Waals surface area contributed by atoms with Crippen molar-refractivity contribution >= 4 is 28.3 Å². The summed E-state index contributed by atoms with van der Waals surface area (Å²) in [7, 11) is 3.83. The summed E-state index contributed by atoms with van der Waals surface area (Å²) in [5.74, 6) is 2.30. The zero-order valence-electron chi connectivity index (χ0n) is 22.6. The predicted octanol–water partition coefficient (Wildman–Crippen LogP) is 2.80. The van der Waals surface area contributed by atoms with Crippen LogP contribution in [-0.2, 0) is 9.47 Å². The number of fused-ring (bicyclic) bond motifs is 2. The van der Waals surface area contributed by atoms with Gasteiger partial charge >= 0.3 is 6.02 Å². The molecule has 3 atom stereocenters. The van der Waals surface area contributed by atoms with Crippen LogP contribution in [0.15, 0.2) is 46.4 Å². The van der Waals surface area contributed by atoms with Crippen molar-refractivity contribution in [2.45, 2.75) is 31.3 Å². The van der Waals surface area contributed by atoms with E-state index in [1.54, 1.807) is 7.11 Å². The molecule has 6 rings (SSSR count). The molecule has 38 heavy (non-hydrogen) atoms. The van der Waals surface area contributed by atoms with Gasteiger partial charge in [0.25, 0.3) is 0 Å². The van der Waals surface area contributed by atoms with Gasteiger partial charge in [-0.2, -0.15) is 4.99 Å². The van der Waals surface area contributed by atoms with Gasteiger partial charge in [0, 0.05) is 75.5 Å². The standard InChI is InChI=1S/C29H40N6O3/c1-33-12-5-7-22(33)19-37-29-31-26-18-35(13-9-25(26)28(32-29)34-14-10-30-11-15-34)27-17-23(38-20-36-2)16-21-6-3-4-8-24(21)27/h3-4,6,8,16-17,22,25-26,30H,5,7,9-15,18-20H2,1-2H3/t22-,25-,26+/m0/s1. The molecule has 9 heteroatoms. The Labute approximate surface area is 225 Å². The largest absolute Gasteiger partial charge is 0.467 e. The van der Waals surface area contributed by atoms with Crippen molar-refractivity contribution in [2.24, 2.45) is 15.9 Å². The Morgan fingerprint density at radius 1 is 1.00 bits per heavy atom. The lowest BCUT2D eigenvalue weighted by atomic mass is 9.88. The minimum atomic E-state index is 0.102. The molecule has 0 radical (unpaired) electrons. The van der Waals surface area contributed by atoms with Gasteiger partial charge in [-0.05, 0) is 44.3 Å². The molecule has 0 saturated carbocycles. The van der Waals surface area contributed by atoms with E-state index >= 15 is 0 Å². The Morgan fingerprint density at radius 2 is 1.87 bits per heavy atom. The molecule has 0 aliphatic carbocycles. The lowest BCUT2D eigenvalue weighted by Gasteiger charge is -2.43. The highest BCUT2D eigenvalue weighted by molar-refractivity contribution is 5.99. The van der Waals surface area contributed by atoms with E-state index in [0.29, 0.717) is 24.6 Å². The normalized spacial score (nSPS) is 26.2. The second-order valence-electron chi connectivity index (χ2n) is 10.8. The number of hydrogen-bond donors (Lipinski definition) is 1. The summed E-state index contributed by atoms with van der Waals surface area (Å²) in [6.07, 6.45) is 3.41. The smallest absolute Gasteiger partial charge is 0.313 e. The molecule has 2 aromatic carbocycles. The lowest BCUT2D eigenvalue weighted by molar-refractivity contribution is 0.0512. The number of rotatable bonds is 6. The maximum Gasteiger partial charge on any atom is 0.313 e. The summed E-state index contributed by atoms with van der Waals surface area (Å²) in [4.78, 5) is 17.5. The Morgan fingerprint density at radius 3 is 2.68 bits per heavy atom. The van der Waals surface area contributed by atoms with Crippen LogP contribution in [0.5, 0.6) is 5.75 Å². The highest BCUT2D eigenvalue weighted by Gasteiger charge is 2.39. The summed E-state index contributed by atoms with van der Waals surface area (Å²) in [5, 5.41) is 5.87. The number of piperidine rings is 1. The van der Waals surface area contributed by atoms with E-state index in [-0.39, 0.29) is 12.8 Å². The monoisotopic (exact) mass is 520 g/mol. The van der Waals surface area contributed by atoms with Gasteiger partial charge in [0.15, 0.2) is 6.79 Å². The number of hydrogen-bond acceptors (Lipinski definition) is 9. The van der Waals surface area contributed by atoms with Gasteiger partial charge in [-0.3, -0.25) is 0 Å². The van der Waals surface area contributed by atoms with Crippen LogP contribution in [0, 0.1) is 5.92 Å². The molecule has 9 nitrogen and oxygen atoms in total. The molecular weight excluding hydrogens is 480 g/mol. The molecule has 4 heterocycles. The van der Waals surface area contributed by atoms with E-state index in [9.17, 15) is 0 Å². The van der Waals surface area contributed by atoms with E-state index in [1.807, 2.05) is 0 Å². The maximum absolute atomic E-state index is 6.31. The average Bonchev–Trinajstić information content (AvgIpc) is 3.38. The van der Waals surface area contributed by atoms with Gasteiger partial charge in [0.2, 0.25) is 0 Å². The Bertz CT molecular complexity index is 1180. The molecule has 0 aromatic heterocycles. The number of likely N-dealkylation sites (N-methyl/N-ethyl adjacent to an activating group) is 1. The number of benzene rings is 2. The SMILES string of the molecule is COCOc1cc(N2CC[C@@H]3C(N4CCNCC4)=NC(OC[C@@H]4CCCN4C)=N[C@@H]3C2)c2ccccc2c1. The summed E-state index contributed by atoms with van der Waals surface area (Å²) in [6, 6.07) is 13.9. The van der Waals surface area contributed by atoms with Gasteiger partial charge in [-0.1, -0.05) is 24.3 Å². The summed E-state index contributed by atoms with van der Waals surface area (Å²) in [6.45, 7) is 7.73. The first-order chi connectivity index (χ1) is 18.7. The van der Waals surface area contributed by atoms with Gasteiger partial charge < -0.3 is 34.2 Å². The quantitative estimate of drug-likeness (QED) is 0.587. The van der Waals surface area contributed by atoms with Gasteiger partial charge in [0.05, 0.1) is 6.04 Å². The number of piperazine rings is 1. The molecule has 1 N–H and O–H groups in total. The van der Waals surface area contributed by atoms with Crippen molar-refractivity contribution in [2.75, 3.05) is 78.3 Å². The summed E-state index contributed by atoms with van der Waals surface area (Å²) >= 11 is 0. The fourth-order valence-corrected chi connectivity index (χ4v) is 6.30. The molecule has 2 aromatic rings. The van der Waals surface area contributed by atoms with Crippen molar-refractivity contribution in [1.82, 2.24) is 15.1 Å². The fourth-order valence-electron chi connectivity index (χ4n) is 6.30. The van der Waals surface area contributed by atoms with Crippen LogP contribution in [0.3, 0.4) is 0 Å². The Kier molecular flexibility index (Phi) is 7.67. The third-order valence-electron chi connectivity index (χ3n) is 8.41. The second kappa shape index (κ2) is 11.5. The molecule has 3 fully saturated rings. The molecule has 204 valence electrons. The maximum atomic E-state index is 6.31. The number of amidine groups is 2. The first-order valence-electron chi connectivity index (χ1n) is 14.0. The first kappa shape index (κ1) is 25.4. The highest BCUT2D eigenvalue weighted by atomic mass is 16.7. The first-order valence-corrected chi connectivity index (χ1v) is 14.0. The van der Waals surface area contributed by atoms with Crippen LogP contribution < -0.4 is 15.0 Å². The molecule has 3 saturated heterocycles. The summed E-state index contributed by atoms with van der Waals surface area (Å²) in [5.41, 5.74) is 1.18. The number of nitrogens with zero attached hydrogens (tertiary/aromatic N) is 5. The number of methoxy groups -OCH3 is 1. The minimum Gasteiger partial charge on any atom is -0.467 e. The third-order valence-corrected chi connectivity index (χ3v) is 8.41.